The lowest BCUT2D eigenvalue weighted by Crippen LogP contribution is -2.14. The number of carbonyl (C=O) groups is 1. The molecule has 0 unspecified atom stereocenters. The monoisotopic (exact) mass is 329 g/mol. The number of halogens is 1. The van der Waals surface area contributed by atoms with E-state index in [4.69, 9.17) is 11.6 Å². The maximum absolute atomic E-state index is 11.9. The molecule has 0 aliphatic rings. The largest absolute Gasteiger partial charge is 0.324 e. The molecule has 0 spiro atoms. The quantitative estimate of drug-likeness (QED) is 0.938. The fourth-order valence-corrected chi connectivity index (χ4v) is 3.11. The number of sulfone groups is 1. The maximum atomic E-state index is 11.9. The lowest BCUT2D eigenvalue weighted by atomic mass is 10.3. The Morgan fingerprint density at radius 2 is 2.10 bits per heavy atom. The van der Waals surface area contributed by atoms with E-state index in [-0.39, 0.29) is 17.2 Å². The summed E-state index contributed by atoms with van der Waals surface area (Å²) in [6.45, 7) is 0. The van der Waals surface area contributed by atoms with Crippen LogP contribution in [0.15, 0.2) is 40.6 Å². The van der Waals surface area contributed by atoms with E-state index in [0.717, 1.165) is 11.1 Å². The second-order valence-corrected chi connectivity index (χ2v) is 7.67. The highest BCUT2D eigenvalue weighted by Gasteiger charge is 2.12. The van der Waals surface area contributed by atoms with Crippen molar-refractivity contribution in [2.45, 2.75) is 11.3 Å². The predicted molar refractivity (Wildman–Crippen MR) is 81.2 cm³/mol. The Balaban J connectivity index is 2.18. The van der Waals surface area contributed by atoms with Crippen molar-refractivity contribution in [3.63, 3.8) is 0 Å². The van der Waals surface area contributed by atoms with Crippen LogP contribution in [0.3, 0.4) is 0 Å². The number of hydrogen-bond donors (Lipinski definition) is 1. The van der Waals surface area contributed by atoms with E-state index in [2.05, 4.69) is 5.32 Å². The third-order valence-electron chi connectivity index (χ3n) is 2.55. The van der Waals surface area contributed by atoms with E-state index in [1.165, 1.54) is 29.5 Å². The van der Waals surface area contributed by atoms with Crippen molar-refractivity contribution in [3.8, 4) is 0 Å². The van der Waals surface area contributed by atoms with Gasteiger partial charge in [-0.2, -0.15) is 0 Å². The molecule has 0 saturated carbocycles. The molecule has 0 fully saturated rings. The van der Waals surface area contributed by atoms with Crippen LogP contribution in [0.5, 0.6) is 0 Å². The molecule has 0 atom stereocenters. The third-order valence-corrected chi connectivity index (χ3v) is 4.87. The van der Waals surface area contributed by atoms with Crippen LogP contribution in [0.4, 0.5) is 5.69 Å². The Hall–Kier alpha value is -1.37. The molecule has 0 bridgehead atoms. The third kappa shape index (κ3) is 3.82. The second kappa shape index (κ2) is 5.95. The van der Waals surface area contributed by atoms with Gasteiger partial charge in [0, 0.05) is 11.1 Å². The van der Waals surface area contributed by atoms with Crippen molar-refractivity contribution in [2.75, 3.05) is 11.6 Å². The van der Waals surface area contributed by atoms with Crippen LogP contribution in [-0.2, 0) is 21.1 Å². The summed E-state index contributed by atoms with van der Waals surface area (Å²) in [6, 6.07) is 7.96. The Bertz CT molecular complexity index is 724. The molecule has 4 nitrogen and oxygen atoms in total. The molecule has 0 aliphatic heterocycles. The molecule has 1 amide bonds. The zero-order chi connectivity index (χ0) is 14.8. The summed E-state index contributed by atoms with van der Waals surface area (Å²) >= 11 is 7.45. The van der Waals surface area contributed by atoms with E-state index >= 15 is 0 Å². The molecule has 2 aromatic rings. The number of nitrogens with one attached hydrogen (secondary N) is 1. The number of benzene rings is 1. The summed E-state index contributed by atoms with van der Waals surface area (Å²) in [4.78, 5) is 12.9. The van der Waals surface area contributed by atoms with Crippen LogP contribution in [0, 0.1) is 0 Å². The smallest absolute Gasteiger partial charge is 0.229 e. The van der Waals surface area contributed by atoms with E-state index in [9.17, 15) is 13.2 Å². The van der Waals surface area contributed by atoms with Crippen molar-refractivity contribution >= 4 is 44.4 Å². The van der Waals surface area contributed by atoms with Crippen molar-refractivity contribution in [2.24, 2.45) is 0 Å². The average molecular weight is 330 g/mol. The topological polar surface area (TPSA) is 63.2 Å². The molecule has 1 aromatic heterocycles. The second-order valence-electron chi connectivity index (χ2n) is 4.22. The first-order valence-electron chi connectivity index (χ1n) is 5.68. The first kappa shape index (κ1) is 15.0. The van der Waals surface area contributed by atoms with Gasteiger partial charge in [0.05, 0.1) is 22.0 Å². The fraction of sp³-hybridized carbons (Fsp3) is 0.154. The van der Waals surface area contributed by atoms with Gasteiger partial charge in [-0.15, -0.1) is 11.3 Å². The molecule has 1 aromatic carbocycles. The summed E-state index contributed by atoms with van der Waals surface area (Å²) in [7, 11) is -3.34. The van der Waals surface area contributed by atoms with E-state index in [0.29, 0.717) is 10.7 Å². The summed E-state index contributed by atoms with van der Waals surface area (Å²) in [5, 5.41) is 4.82. The van der Waals surface area contributed by atoms with Gasteiger partial charge in [0.1, 0.15) is 0 Å². The summed E-state index contributed by atoms with van der Waals surface area (Å²) in [5.74, 6) is -0.236. The molecular weight excluding hydrogens is 318 g/mol. The normalized spacial score (nSPS) is 11.3. The number of amides is 1. The van der Waals surface area contributed by atoms with Gasteiger partial charge < -0.3 is 5.32 Å². The fourth-order valence-electron chi connectivity index (χ4n) is 1.60. The van der Waals surface area contributed by atoms with Gasteiger partial charge in [0.2, 0.25) is 5.91 Å². The van der Waals surface area contributed by atoms with E-state index < -0.39 is 9.84 Å². The van der Waals surface area contributed by atoms with E-state index in [1.807, 2.05) is 17.5 Å². The summed E-state index contributed by atoms with van der Waals surface area (Å²) < 4.78 is 23.0. The zero-order valence-corrected chi connectivity index (χ0v) is 13.0. The molecule has 1 N–H and O–H groups in total. The Morgan fingerprint density at radius 1 is 1.35 bits per heavy atom. The standard InChI is InChI=1S/C13H12ClNO3S2/c1-20(17,18)10-4-5-11(14)12(8-10)15-13(16)7-9-3-2-6-19-9/h2-6,8H,7H2,1H3,(H,15,16). The van der Waals surface area contributed by atoms with Crippen LogP contribution >= 0.6 is 22.9 Å². The Kier molecular flexibility index (Phi) is 4.47. The molecule has 0 radical (unpaired) electrons. The van der Waals surface area contributed by atoms with Crippen LogP contribution in [0.2, 0.25) is 5.02 Å². The van der Waals surface area contributed by atoms with Crippen LogP contribution in [0.25, 0.3) is 0 Å². The van der Waals surface area contributed by atoms with Crippen LogP contribution in [-0.4, -0.2) is 20.6 Å². The SMILES string of the molecule is CS(=O)(=O)c1ccc(Cl)c(NC(=O)Cc2cccs2)c1. The van der Waals surface area contributed by atoms with Gasteiger partial charge in [-0.05, 0) is 29.6 Å². The van der Waals surface area contributed by atoms with Crippen molar-refractivity contribution in [1.29, 1.82) is 0 Å². The molecule has 7 heteroatoms. The average Bonchev–Trinajstić information content (AvgIpc) is 2.83. The minimum Gasteiger partial charge on any atom is -0.324 e. The molecule has 0 aliphatic carbocycles. The first-order chi connectivity index (χ1) is 9.36. The van der Waals surface area contributed by atoms with Gasteiger partial charge in [0.15, 0.2) is 9.84 Å². The maximum Gasteiger partial charge on any atom is 0.229 e. The number of anilines is 1. The highest BCUT2D eigenvalue weighted by atomic mass is 35.5. The van der Waals surface area contributed by atoms with Gasteiger partial charge in [-0.3, -0.25) is 4.79 Å². The molecular formula is C13H12ClNO3S2. The van der Waals surface area contributed by atoms with Gasteiger partial charge in [-0.25, -0.2) is 8.42 Å². The molecule has 0 saturated heterocycles. The molecule has 20 heavy (non-hydrogen) atoms. The van der Waals surface area contributed by atoms with Crippen LogP contribution < -0.4 is 5.32 Å². The highest BCUT2D eigenvalue weighted by molar-refractivity contribution is 7.90. The zero-order valence-electron chi connectivity index (χ0n) is 10.6. The molecule has 2 rings (SSSR count). The molecule has 106 valence electrons. The number of hydrogen-bond acceptors (Lipinski definition) is 4. The lowest BCUT2D eigenvalue weighted by Gasteiger charge is -2.08. The number of thiophene rings is 1. The Morgan fingerprint density at radius 3 is 2.70 bits per heavy atom. The van der Waals surface area contributed by atoms with Gasteiger partial charge in [0.25, 0.3) is 0 Å². The van der Waals surface area contributed by atoms with Crippen molar-refractivity contribution in [1.82, 2.24) is 0 Å². The van der Waals surface area contributed by atoms with Crippen LogP contribution in [0.1, 0.15) is 4.88 Å². The van der Waals surface area contributed by atoms with Gasteiger partial charge >= 0.3 is 0 Å². The summed E-state index contributed by atoms with van der Waals surface area (Å²) in [6.07, 6.45) is 1.34. The van der Waals surface area contributed by atoms with Gasteiger partial charge in [-0.1, -0.05) is 17.7 Å². The summed E-state index contributed by atoms with van der Waals surface area (Å²) in [5.41, 5.74) is 0.302. The lowest BCUT2D eigenvalue weighted by molar-refractivity contribution is -0.115. The number of carbonyl (C=O) groups excluding carboxylic acids is 1. The highest BCUT2D eigenvalue weighted by Crippen LogP contribution is 2.25. The van der Waals surface area contributed by atoms with E-state index in [1.54, 1.807) is 0 Å². The minimum atomic E-state index is -3.34. The minimum absolute atomic E-state index is 0.119. The molecule has 1 heterocycles. The predicted octanol–water partition coefficient (Wildman–Crippen LogP) is 2.99. The van der Waals surface area contributed by atoms with Crippen molar-refractivity contribution < 1.29 is 13.2 Å². The number of rotatable bonds is 4. The first-order valence-corrected chi connectivity index (χ1v) is 8.83. The Labute approximate surface area is 126 Å². The van der Waals surface area contributed by atoms with Crippen molar-refractivity contribution in [3.05, 3.63) is 45.6 Å².